The molecule has 0 aliphatic heterocycles. The van der Waals surface area contributed by atoms with Crippen molar-refractivity contribution >= 4 is 34.8 Å². The highest BCUT2D eigenvalue weighted by atomic mass is 35.5. The highest BCUT2D eigenvalue weighted by molar-refractivity contribution is 6.36. The summed E-state index contributed by atoms with van der Waals surface area (Å²) < 4.78 is 1.37. The molecule has 1 aromatic carbocycles. The number of rotatable bonds is 4. The lowest BCUT2D eigenvalue weighted by atomic mass is 10.1. The summed E-state index contributed by atoms with van der Waals surface area (Å²) in [6, 6.07) is 3.90. The lowest BCUT2D eigenvalue weighted by Gasteiger charge is -2.11. The van der Waals surface area contributed by atoms with E-state index >= 15 is 0 Å². The molecular weight excluding hydrogens is 305 g/mol. The predicted octanol–water partition coefficient (Wildman–Crippen LogP) is 3.54. The number of ketones is 1. The van der Waals surface area contributed by atoms with E-state index in [1.165, 1.54) is 29.2 Å². The van der Waals surface area contributed by atoms with Gasteiger partial charge in [-0.15, -0.1) is 0 Å². The lowest BCUT2D eigenvalue weighted by Crippen LogP contribution is -2.15. The highest BCUT2D eigenvalue weighted by Gasteiger charge is 2.22. The number of hydrogen-bond acceptors (Lipinski definition) is 4. The van der Waals surface area contributed by atoms with E-state index in [9.17, 15) is 14.9 Å². The van der Waals surface area contributed by atoms with Crippen molar-refractivity contribution in [3.8, 4) is 0 Å². The molecule has 2 aromatic rings. The van der Waals surface area contributed by atoms with Gasteiger partial charge in [0.2, 0.25) is 6.33 Å². The number of hydrogen-bond donors (Lipinski definition) is 0. The molecule has 2 rings (SSSR count). The maximum Gasteiger partial charge on any atom is 0.381 e. The molecule has 0 saturated carbocycles. The van der Waals surface area contributed by atoms with E-state index < -0.39 is 11.0 Å². The average molecular weight is 314 g/mol. The van der Waals surface area contributed by atoms with Gasteiger partial charge in [0.1, 0.15) is 6.20 Å². The van der Waals surface area contributed by atoms with Crippen LogP contribution in [0, 0.1) is 10.1 Å². The van der Waals surface area contributed by atoms with Gasteiger partial charge >= 0.3 is 5.82 Å². The van der Waals surface area contributed by atoms with Gasteiger partial charge in [0, 0.05) is 10.6 Å². The minimum Gasteiger partial charge on any atom is -0.358 e. The first-order valence-electron chi connectivity index (χ1n) is 5.57. The van der Waals surface area contributed by atoms with Crippen LogP contribution < -0.4 is 0 Å². The molecule has 0 fully saturated rings. The molecule has 0 spiro atoms. The molecule has 0 radical (unpaired) electrons. The summed E-state index contributed by atoms with van der Waals surface area (Å²) in [5.41, 5.74) is 0.305. The summed E-state index contributed by atoms with van der Waals surface area (Å²) in [5, 5.41) is 11.2. The smallest absolute Gasteiger partial charge is 0.358 e. The van der Waals surface area contributed by atoms with Crippen molar-refractivity contribution in [1.29, 1.82) is 0 Å². The van der Waals surface area contributed by atoms with Crippen LogP contribution in [0.2, 0.25) is 10.0 Å². The number of carbonyl (C=O) groups is 1. The average Bonchev–Trinajstić information content (AvgIpc) is 2.87. The van der Waals surface area contributed by atoms with E-state index in [1.807, 2.05) is 0 Å². The Morgan fingerprint density at radius 2 is 2.15 bits per heavy atom. The summed E-state index contributed by atoms with van der Waals surface area (Å²) in [5.74, 6) is -0.592. The molecule has 0 aliphatic rings. The fourth-order valence-corrected chi connectivity index (χ4v) is 2.18. The minimum absolute atomic E-state index is 0.240. The molecule has 1 heterocycles. The molecule has 0 saturated heterocycles. The third kappa shape index (κ3) is 2.81. The standard InChI is InChI=1S/C12H9Cl2N3O3/c1-7(16-5-11(15-6-16)17(19)20)12(18)9-3-2-8(13)4-10(9)14/h2-7H,1H3. The summed E-state index contributed by atoms with van der Waals surface area (Å²) in [6.07, 6.45) is 2.44. The number of carbonyl (C=O) groups excluding carboxylic acids is 1. The molecule has 6 nitrogen and oxygen atoms in total. The molecule has 0 bridgehead atoms. The maximum atomic E-state index is 12.3. The van der Waals surface area contributed by atoms with Crippen molar-refractivity contribution in [3.05, 3.63) is 56.4 Å². The van der Waals surface area contributed by atoms with Crippen molar-refractivity contribution in [2.45, 2.75) is 13.0 Å². The minimum atomic E-state index is -0.658. The van der Waals surface area contributed by atoms with Crippen molar-refractivity contribution in [2.75, 3.05) is 0 Å². The molecule has 1 atom stereocenters. The Morgan fingerprint density at radius 3 is 2.70 bits per heavy atom. The fraction of sp³-hybridized carbons (Fsp3) is 0.167. The largest absolute Gasteiger partial charge is 0.381 e. The van der Waals surface area contributed by atoms with Crippen LogP contribution >= 0.6 is 23.2 Å². The number of halogens is 2. The Bertz CT molecular complexity index is 684. The molecule has 20 heavy (non-hydrogen) atoms. The van der Waals surface area contributed by atoms with Crippen LogP contribution in [-0.2, 0) is 0 Å². The zero-order valence-corrected chi connectivity index (χ0v) is 11.8. The summed E-state index contributed by atoms with van der Waals surface area (Å²) in [4.78, 5) is 25.9. The first-order chi connectivity index (χ1) is 9.40. The third-order valence-corrected chi connectivity index (χ3v) is 3.35. The SMILES string of the molecule is CC(C(=O)c1ccc(Cl)cc1Cl)n1cnc([N+](=O)[O-])c1. The Balaban J connectivity index is 2.29. The van der Waals surface area contributed by atoms with Gasteiger partial charge in [0.05, 0.1) is 11.1 Å². The van der Waals surface area contributed by atoms with Gasteiger partial charge in [-0.25, -0.2) is 0 Å². The predicted molar refractivity (Wildman–Crippen MR) is 74.4 cm³/mol. The Labute approximate surface area is 124 Å². The Kier molecular flexibility index (Phi) is 4.06. The van der Waals surface area contributed by atoms with Gasteiger partial charge in [-0.1, -0.05) is 23.2 Å². The van der Waals surface area contributed by atoms with Crippen LogP contribution in [-0.4, -0.2) is 20.3 Å². The summed E-state index contributed by atoms with van der Waals surface area (Å²) in [6.45, 7) is 1.61. The number of benzene rings is 1. The number of nitrogens with zero attached hydrogens (tertiary/aromatic N) is 3. The molecule has 1 aromatic heterocycles. The molecule has 0 N–H and O–H groups in total. The second-order valence-electron chi connectivity index (χ2n) is 4.10. The van der Waals surface area contributed by atoms with Gasteiger partial charge in [-0.05, 0) is 35.0 Å². The second-order valence-corrected chi connectivity index (χ2v) is 4.94. The van der Waals surface area contributed by atoms with Crippen LogP contribution in [0.3, 0.4) is 0 Å². The summed E-state index contributed by atoms with van der Waals surface area (Å²) >= 11 is 11.7. The van der Waals surface area contributed by atoms with Crippen LogP contribution in [0.4, 0.5) is 5.82 Å². The van der Waals surface area contributed by atoms with Crippen molar-refractivity contribution < 1.29 is 9.72 Å². The molecule has 1 unspecified atom stereocenters. The van der Waals surface area contributed by atoms with Gasteiger partial charge in [-0.3, -0.25) is 9.36 Å². The number of nitro groups is 1. The van der Waals surface area contributed by atoms with E-state index in [0.717, 1.165) is 0 Å². The number of Topliss-reactive ketones (excluding diaryl/α,β-unsaturated/α-hetero) is 1. The van der Waals surface area contributed by atoms with Crippen LogP contribution in [0.1, 0.15) is 23.3 Å². The second kappa shape index (κ2) is 5.60. The normalized spacial score (nSPS) is 12.2. The topological polar surface area (TPSA) is 78.0 Å². The van der Waals surface area contributed by atoms with E-state index in [2.05, 4.69) is 4.98 Å². The van der Waals surface area contributed by atoms with E-state index in [0.29, 0.717) is 10.6 Å². The van der Waals surface area contributed by atoms with Crippen LogP contribution in [0.15, 0.2) is 30.7 Å². The van der Waals surface area contributed by atoms with Crippen molar-refractivity contribution in [1.82, 2.24) is 9.55 Å². The highest BCUT2D eigenvalue weighted by Crippen LogP contribution is 2.25. The zero-order valence-electron chi connectivity index (χ0n) is 10.3. The van der Waals surface area contributed by atoms with Gasteiger partial charge in [0.15, 0.2) is 5.78 Å². The lowest BCUT2D eigenvalue weighted by molar-refractivity contribution is -0.389. The zero-order chi connectivity index (χ0) is 14.9. The fourth-order valence-electron chi connectivity index (χ4n) is 1.68. The van der Waals surface area contributed by atoms with E-state index in [4.69, 9.17) is 23.2 Å². The molecule has 0 amide bonds. The van der Waals surface area contributed by atoms with Crippen molar-refractivity contribution in [2.24, 2.45) is 0 Å². The Hall–Kier alpha value is -1.92. The monoisotopic (exact) mass is 313 g/mol. The van der Waals surface area contributed by atoms with Crippen LogP contribution in [0.25, 0.3) is 0 Å². The molecular formula is C12H9Cl2N3O3. The number of imidazole rings is 1. The van der Waals surface area contributed by atoms with Gasteiger partial charge in [0.25, 0.3) is 0 Å². The number of aromatic nitrogens is 2. The van der Waals surface area contributed by atoms with E-state index in [-0.39, 0.29) is 16.6 Å². The third-order valence-electron chi connectivity index (χ3n) is 2.80. The first kappa shape index (κ1) is 14.5. The molecule has 8 heteroatoms. The Morgan fingerprint density at radius 1 is 1.45 bits per heavy atom. The first-order valence-corrected chi connectivity index (χ1v) is 6.33. The van der Waals surface area contributed by atoms with Crippen molar-refractivity contribution in [3.63, 3.8) is 0 Å². The van der Waals surface area contributed by atoms with Crippen LogP contribution in [0.5, 0.6) is 0 Å². The quantitative estimate of drug-likeness (QED) is 0.491. The molecule has 104 valence electrons. The maximum absolute atomic E-state index is 12.3. The van der Waals surface area contributed by atoms with Gasteiger partial charge in [-0.2, -0.15) is 0 Å². The molecule has 0 aliphatic carbocycles. The summed E-state index contributed by atoms with van der Waals surface area (Å²) in [7, 11) is 0. The van der Waals surface area contributed by atoms with E-state index in [1.54, 1.807) is 13.0 Å². The van der Waals surface area contributed by atoms with Gasteiger partial charge < -0.3 is 10.1 Å².